The predicted octanol–water partition coefficient (Wildman–Crippen LogP) is 2.68. The number of aromatic nitrogens is 1. The summed E-state index contributed by atoms with van der Waals surface area (Å²) in [7, 11) is 0. The Hall–Kier alpha value is -1.31. The fraction of sp³-hybridized carbons (Fsp3) is 0.556. The minimum atomic E-state index is -4.22. The van der Waals surface area contributed by atoms with Gasteiger partial charge in [-0.1, -0.05) is 0 Å². The van der Waals surface area contributed by atoms with E-state index in [0.29, 0.717) is 5.00 Å². The fourth-order valence-corrected chi connectivity index (χ4v) is 1.73. The van der Waals surface area contributed by atoms with Gasteiger partial charge in [0.25, 0.3) is 0 Å². The van der Waals surface area contributed by atoms with Gasteiger partial charge in [0.1, 0.15) is 5.00 Å². The predicted molar refractivity (Wildman–Crippen MR) is 57.2 cm³/mol. The van der Waals surface area contributed by atoms with Gasteiger partial charge in [-0.25, -0.2) is 9.78 Å². The van der Waals surface area contributed by atoms with Crippen molar-refractivity contribution in [2.45, 2.75) is 19.5 Å². The average Bonchev–Trinajstić information content (AvgIpc) is 2.64. The zero-order valence-corrected chi connectivity index (χ0v) is 9.82. The number of nitrogens with one attached hydrogen (secondary N) is 1. The van der Waals surface area contributed by atoms with Gasteiger partial charge in [0.15, 0.2) is 5.69 Å². The fourth-order valence-electron chi connectivity index (χ4n) is 1.03. The summed E-state index contributed by atoms with van der Waals surface area (Å²) in [5, 5.41) is 2.82. The van der Waals surface area contributed by atoms with Crippen LogP contribution in [0, 0.1) is 0 Å². The van der Waals surface area contributed by atoms with Crippen molar-refractivity contribution in [3.63, 3.8) is 0 Å². The van der Waals surface area contributed by atoms with Crippen LogP contribution in [-0.2, 0) is 4.74 Å². The van der Waals surface area contributed by atoms with E-state index in [1.54, 1.807) is 6.92 Å². The van der Waals surface area contributed by atoms with Crippen molar-refractivity contribution >= 4 is 22.3 Å². The van der Waals surface area contributed by atoms with Crippen LogP contribution in [0.2, 0.25) is 0 Å². The number of ether oxygens (including phenoxy) is 1. The number of thiazole rings is 1. The van der Waals surface area contributed by atoms with Crippen molar-refractivity contribution in [1.29, 1.82) is 0 Å². The van der Waals surface area contributed by atoms with E-state index in [0.717, 1.165) is 11.3 Å². The first-order valence-electron chi connectivity index (χ1n) is 4.85. The normalized spacial score (nSPS) is 11.3. The largest absolute Gasteiger partial charge is 0.461 e. The SMILES string of the molecule is CCOC(=O)c1ncsc1NCCC(F)(F)F. The van der Waals surface area contributed by atoms with Gasteiger partial charge in [0.05, 0.1) is 18.5 Å². The third-order valence-electron chi connectivity index (χ3n) is 1.73. The first kappa shape index (κ1) is 13.8. The Balaban J connectivity index is 2.54. The summed E-state index contributed by atoms with van der Waals surface area (Å²) in [5.74, 6) is -0.636. The highest BCUT2D eigenvalue weighted by atomic mass is 32.1. The summed E-state index contributed by atoms with van der Waals surface area (Å²) in [6, 6.07) is 0. The molecule has 1 rings (SSSR count). The van der Waals surface area contributed by atoms with Gasteiger partial charge in [-0.2, -0.15) is 13.2 Å². The number of anilines is 1. The van der Waals surface area contributed by atoms with Gasteiger partial charge < -0.3 is 10.1 Å². The van der Waals surface area contributed by atoms with Crippen molar-refractivity contribution in [2.24, 2.45) is 0 Å². The summed E-state index contributed by atoms with van der Waals surface area (Å²) >= 11 is 1.06. The Morgan fingerprint density at radius 1 is 1.59 bits per heavy atom. The molecule has 0 aliphatic carbocycles. The van der Waals surface area contributed by atoms with Crippen molar-refractivity contribution in [2.75, 3.05) is 18.5 Å². The summed E-state index contributed by atoms with van der Waals surface area (Å²) in [5.41, 5.74) is 1.40. The van der Waals surface area contributed by atoms with Crippen LogP contribution in [0.25, 0.3) is 0 Å². The summed E-state index contributed by atoms with van der Waals surface area (Å²) in [6.07, 6.45) is -5.19. The Morgan fingerprint density at radius 2 is 2.29 bits per heavy atom. The molecule has 4 nitrogen and oxygen atoms in total. The summed E-state index contributed by atoms with van der Waals surface area (Å²) < 4.78 is 40.5. The molecule has 0 amide bonds. The van der Waals surface area contributed by atoms with E-state index in [1.165, 1.54) is 5.51 Å². The third kappa shape index (κ3) is 4.59. The molecule has 0 spiro atoms. The van der Waals surface area contributed by atoms with Gasteiger partial charge >= 0.3 is 12.1 Å². The lowest BCUT2D eigenvalue weighted by Crippen LogP contribution is -2.15. The summed E-state index contributed by atoms with van der Waals surface area (Å²) in [4.78, 5) is 15.1. The molecule has 0 aliphatic heterocycles. The van der Waals surface area contributed by atoms with Crippen LogP contribution in [0.4, 0.5) is 18.2 Å². The highest BCUT2D eigenvalue weighted by Gasteiger charge is 2.26. The maximum Gasteiger partial charge on any atom is 0.390 e. The quantitative estimate of drug-likeness (QED) is 0.834. The van der Waals surface area contributed by atoms with Crippen LogP contribution in [0.1, 0.15) is 23.8 Å². The second-order valence-corrected chi connectivity index (χ2v) is 3.90. The minimum absolute atomic E-state index is 0.0269. The molecular weight excluding hydrogens is 257 g/mol. The van der Waals surface area contributed by atoms with E-state index in [-0.39, 0.29) is 18.8 Å². The van der Waals surface area contributed by atoms with Gasteiger partial charge in [-0.05, 0) is 6.92 Å². The van der Waals surface area contributed by atoms with Crippen molar-refractivity contribution < 1.29 is 22.7 Å². The Kier molecular flexibility index (Phi) is 4.73. The number of nitrogens with zero attached hydrogens (tertiary/aromatic N) is 1. The lowest BCUT2D eigenvalue weighted by Gasteiger charge is -2.08. The van der Waals surface area contributed by atoms with E-state index < -0.39 is 18.6 Å². The molecule has 0 unspecified atom stereocenters. The molecule has 0 saturated heterocycles. The van der Waals surface area contributed by atoms with E-state index in [2.05, 4.69) is 10.3 Å². The Labute approximate surface area is 99.8 Å². The second kappa shape index (κ2) is 5.85. The van der Waals surface area contributed by atoms with Crippen LogP contribution in [0.15, 0.2) is 5.51 Å². The third-order valence-corrected chi connectivity index (χ3v) is 2.51. The Morgan fingerprint density at radius 3 is 2.88 bits per heavy atom. The number of alkyl halides is 3. The number of rotatable bonds is 5. The number of carbonyl (C=O) groups is 1. The van der Waals surface area contributed by atoms with Crippen LogP contribution in [0.3, 0.4) is 0 Å². The molecule has 0 aliphatic rings. The zero-order chi connectivity index (χ0) is 12.9. The topological polar surface area (TPSA) is 51.2 Å². The highest BCUT2D eigenvalue weighted by molar-refractivity contribution is 7.14. The minimum Gasteiger partial charge on any atom is -0.461 e. The average molecular weight is 268 g/mol. The number of hydrogen-bond acceptors (Lipinski definition) is 5. The number of carbonyl (C=O) groups excluding carboxylic acids is 1. The molecule has 0 saturated carbocycles. The van der Waals surface area contributed by atoms with E-state index in [1.807, 2.05) is 0 Å². The molecule has 0 aromatic carbocycles. The Bertz CT molecular complexity index is 379. The molecule has 96 valence electrons. The molecular formula is C9H11F3N2O2S. The standard InChI is InChI=1S/C9H11F3N2O2S/c1-2-16-8(15)6-7(17-5-14-6)13-4-3-9(10,11)12/h5,13H,2-4H2,1H3. The molecule has 0 atom stereocenters. The molecule has 1 N–H and O–H groups in total. The van der Waals surface area contributed by atoms with Crippen LogP contribution < -0.4 is 5.32 Å². The van der Waals surface area contributed by atoms with Crippen LogP contribution in [-0.4, -0.2) is 30.3 Å². The van der Waals surface area contributed by atoms with Gasteiger partial charge in [0, 0.05) is 6.54 Å². The van der Waals surface area contributed by atoms with Crippen molar-refractivity contribution in [3.05, 3.63) is 11.2 Å². The lowest BCUT2D eigenvalue weighted by molar-refractivity contribution is -0.131. The maximum atomic E-state index is 11.9. The molecule has 0 bridgehead atoms. The van der Waals surface area contributed by atoms with Crippen molar-refractivity contribution in [3.8, 4) is 0 Å². The number of halogens is 3. The van der Waals surface area contributed by atoms with Gasteiger partial charge in [-0.3, -0.25) is 0 Å². The lowest BCUT2D eigenvalue weighted by atomic mass is 10.4. The second-order valence-electron chi connectivity index (χ2n) is 3.04. The van der Waals surface area contributed by atoms with E-state index in [9.17, 15) is 18.0 Å². The highest BCUT2D eigenvalue weighted by Crippen LogP contribution is 2.23. The summed E-state index contributed by atoms with van der Waals surface area (Å²) in [6.45, 7) is 1.54. The zero-order valence-electron chi connectivity index (χ0n) is 9.00. The smallest absolute Gasteiger partial charge is 0.390 e. The molecule has 17 heavy (non-hydrogen) atoms. The molecule has 0 radical (unpaired) electrons. The van der Waals surface area contributed by atoms with E-state index >= 15 is 0 Å². The first-order chi connectivity index (χ1) is 7.94. The van der Waals surface area contributed by atoms with Crippen LogP contribution >= 0.6 is 11.3 Å². The van der Waals surface area contributed by atoms with Gasteiger partial charge in [0.2, 0.25) is 0 Å². The molecule has 1 aromatic heterocycles. The van der Waals surface area contributed by atoms with E-state index in [4.69, 9.17) is 4.74 Å². The first-order valence-corrected chi connectivity index (χ1v) is 5.73. The van der Waals surface area contributed by atoms with Crippen LogP contribution in [0.5, 0.6) is 0 Å². The molecule has 0 fully saturated rings. The monoisotopic (exact) mass is 268 g/mol. The molecule has 1 aromatic rings. The molecule has 8 heteroatoms. The molecule has 1 heterocycles. The van der Waals surface area contributed by atoms with Crippen molar-refractivity contribution in [1.82, 2.24) is 4.98 Å². The van der Waals surface area contributed by atoms with Gasteiger partial charge in [-0.15, -0.1) is 11.3 Å². The maximum absolute atomic E-state index is 11.9. The number of esters is 1. The number of hydrogen-bond donors (Lipinski definition) is 1.